The number of rotatable bonds is 7. The predicted octanol–water partition coefficient (Wildman–Crippen LogP) is 2.66. The minimum absolute atomic E-state index is 0.330. The van der Waals surface area contributed by atoms with E-state index in [9.17, 15) is 0 Å². The molecular weight excluding hydrogens is 186 g/mol. The van der Waals surface area contributed by atoms with Crippen LogP contribution in [0.4, 0.5) is 0 Å². The second-order valence-corrected chi connectivity index (χ2v) is 4.96. The Hall–Kier alpha value is -0.0800. The number of unbranched alkanes of at least 4 members (excludes halogenated alkanes) is 1. The van der Waals surface area contributed by atoms with Gasteiger partial charge in [0.1, 0.15) is 0 Å². The summed E-state index contributed by atoms with van der Waals surface area (Å²) in [5.74, 6) is 0.925. The summed E-state index contributed by atoms with van der Waals surface area (Å²) in [4.78, 5) is 2.48. The smallest absolute Gasteiger partial charge is 0.0443 e. The number of aliphatic hydroxyl groups is 1. The van der Waals surface area contributed by atoms with Crippen molar-refractivity contribution >= 4 is 0 Å². The van der Waals surface area contributed by atoms with Crippen LogP contribution < -0.4 is 0 Å². The molecule has 0 aromatic rings. The molecule has 1 rings (SSSR count). The van der Waals surface area contributed by atoms with Gasteiger partial charge >= 0.3 is 0 Å². The van der Waals surface area contributed by atoms with Crippen LogP contribution in [0.2, 0.25) is 0 Å². The lowest BCUT2D eigenvalue weighted by atomic mass is 9.96. The third-order valence-electron chi connectivity index (χ3n) is 3.78. The Kier molecular flexibility index (Phi) is 6.26. The van der Waals surface area contributed by atoms with Crippen LogP contribution in [0, 0.1) is 5.92 Å². The van der Waals surface area contributed by atoms with Crippen LogP contribution in [0.3, 0.4) is 0 Å². The third kappa shape index (κ3) is 4.12. The molecule has 0 bridgehead atoms. The lowest BCUT2D eigenvalue weighted by molar-refractivity contribution is 0.171. The molecule has 1 N–H and O–H groups in total. The van der Waals surface area contributed by atoms with E-state index in [1.807, 2.05) is 0 Å². The maximum absolute atomic E-state index is 8.84. The molecule has 0 radical (unpaired) electrons. The van der Waals surface area contributed by atoms with Gasteiger partial charge in [0.2, 0.25) is 0 Å². The molecule has 0 amide bonds. The van der Waals surface area contributed by atoms with E-state index in [-0.39, 0.29) is 0 Å². The molecule has 0 aromatic heterocycles. The largest absolute Gasteiger partial charge is 0.396 e. The normalized spacial score (nSPS) is 26.4. The molecule has 0 saturated heterocycles. The van der Waals surface area contributed by atoms with Gasteiger partial charge in [-0.2, -0.15) is 0 Å². The maximum Gasteiger partial charge on any atom is 0.0443 e. The van der Waals surface area contributed by atoms with Crippen molar-refractivity contribution < 1.29 is 5.11 Å². The number of hydrogen-bond donors (Lipinski definition) is 1. The minimum Gasteiger partial charge on any atom is -0.396 e. The van der Waals surface area contributed by atoms with Crippen LogP contribution in [0.5, 0.6) is 0 Å². The molecule has 1 saturated carbocycles. The van der Waals surface area contributed by atoms with Crippen molar-refractivity contribution in [2.45, 2.75) is 57.9 Å². The monoisotopic (exact) mass is 213 g/mol. The van der Waals surface area contributed by atoms with Crippen LogP contribution in [-0.2, 0) is 0 Å². The van der Waals surface area contributed by atoms with E-state index < -0.39 is 0 Å². The Morgan fingerprint density at radius 1 is 1.27 bits per heavy atom. The summed E-state index contributed by atoms with van der Waals surface area (Å²) in [6.07, 6.45) is 9.24. The fourth-order valence-electron chi connectivity index (χ4n) is 2.89. The second-order valence-electron chi connectivity index (χ2n) is 4.96. The molecule has 0 spiro atoms. The van der Waals surface area contributed by atoms with Gasteiger partial charge in [-0.25, -0.2) is 0 Å². The van der Waals surface area contributed by atoms with E-state index in [4.69, 9.17) is 5.11 Å². The topological polar surface area (TPSA) is 23.5 Å². The van der Waals surface area contributed by atoms with Gasteiger partial charge < -0.3 is 10.0 Å². The van der Waals surface area contributed by atoms with Gasteiger partial charge in [-0.05, 0) is 38.6 Å². The van der Waals surface area contributed by atoms with Crippen LogP contribution >= 0.6 is 0 Å². The van der Waals surface area contributed by atoms with Gasteiger partial charge in [-0.1, -0.05) is 26.2 Å². The molecular formula is C13H27NO. The first kappa shape index (κ1) is 13.0. The molecule has 2 atom stereocenters. The van der Waals surface area contributed by atoms with Crippen molar-refractivity contribution in [3.05, 3.63) is 0 Å². The van der Waals surface area contributed by atoms with Gasteiger partial charge in [0.05, 0.1) is 0 Å². The Bertz CT molecular complexity index is 161. The molecule has 2 heteroatoms. The van der Waals surface area contributed by atoms with Crippen LogP contribution in [0.1, 0.15) is 51.9 Å². The van der Waals surface area contributed by atoms with E-state index >= 15 is 0 Å². The summed E-state index contributed by atoms with van der Waals surface area (Å²) in [5.41, 5.74) is 0. The molecule has 0 heterocycles. The number of hydrogen-bond acceptors (Lipinski definition) is 2. The molecule has 1 aliphatic carbocycles. The average Bonchev–Trinajstić information content (AvgIpc) is 2.71. The SMILES string of the molecule is CCCCC1CCCC1N(C)CCCO. The summed E-state index contributed by atoms with van der Waals surface area (Å²) in [7, 11) is 2.23. The first-order chi connectivity index (χ1) is 7.29. The van der Waals surface area contributed by atoms with Crippen molar-refractivity contribution in [3.8, 4) is 0 Å². The molecule has 2 unspecified atom stereocenters. The predicted molar refractivity (Wildman–Crippen MR) is 65.0 cm³/mol. The van der Waals surface area contributed by atoms with E-state index in [1.165, 1.54) is 38.5 Å². The Morgan fingerprint density at radius 2 is 2.07 bits per heavy atom. The van der Waals surface area contributed by atoms with Gasteiger partial charge in [-0.15, -0.1) is 0 Å². The highest BCUT2D eigenvalue weighted by atomic mass is 16.3. The summed E-state index contributed by atoms with van der Waals surface area (Å²) in [6, 6.07) is 0.795. The number of nitrogens with zero attached hydrogens (tertiary/aromatic N) is 1. The van der Waals surface area contributed by atoms with Crippen molar-refractivity contribution in [3.63, 3.8) is 0 Å². The third-order valence-corrected chi connectivity index (χ3v) is 3.78. The Morgan fingerprint density at radius 3 is 2.73 bits per heavy atom. The van der Waals surface area contributed by atoms with Crippen LogP contribution in [0.25, 0.3) is 0 Å². The molecule has 0 aliphatic heterocycles. The first-order valence-corrected chi connectivity index (χ1v) is 6.60. The highest BCUT2D eigenvalue weighted by Crippen LogP contribution is 2.32. The highest BCUT2D eigenvalue weighted by molar-refractivity contribution is 4.83. The van der Waals surface area contributed by atoms with Crippen LogP contribution in [0.15, 0.2) is 0 Å². The Labute approximate surface area is 94.7 Å². The lowest BCUT2D eigenvalue weighted by Gasteiger charge is -2.29. The van der Waals surface area contributed by atoms with E-state index in [0.29, 0.717) is 6.61 Å². The highest BCUT2D eigenvalue weighted by Gasteiger charge is 2.29. The van der Waals surface area contributed by atoms with Crippen LogP contribution in [-0.4, -0.2) is 36.2 Å². The summed E-state index contributed by atoms with van der Waals surface area (Å²) < 4.78 is 0. The average molecular weight is 213 g/mol. The fraction of sp³-hybridized carbons (Fsp3) is 1.00. The van der Waals surface area contributed by atoms with Crippen molar-refractivity contribution in [2.24, 2.45) is 5.92 Å². The zero-order valence-electron chi connectivity index (χ0n) is 10.4. The quantitative estimate of drug-likeness (QED) is 0.703. The van der Waals surface area contributed by atoms with Crippen molar-refractivity contribution in [1.82, 2.24) is 4.90 Å². The second kappa shape index (κ2) is 7.24. The first-order valence-electron chi connectivity index (χ1n) is 6.60. The van der Waals surface area contributed by atoms with E-state index in [0.717, 1.165) is 24.9 Å². The lowest BCUT2D eigenvalue weighted by Crippen LogP contribution is -2.35. The fourth-order valence-corrected chi connectivity index (χ4v) is 2.89. The number of aliphatic hydroxyl groups excluding tert-OH is 1. The van der Waals surface area contributed by atoms with Gasteiger partial charge in [0.15, 0.2) is 0 Å². The molecule has 1 aliphatic rings. The zero-order chi connectivity index (χ0) is 11.1. The summed E-state index contributed by atoms with van der Waals surface area (Å²) in [6.45, 7) is 3.67. The van der Waals surface area contributed by atoms with Crippen molar-refractivity contribution in [2.75, 3.05) is 20.2 Å². The molecule has 1 fully saturated rings. The van der Waals surface area contributed by atoms with Gasteiger partial charge in [0.25, 0.3) is 0 Å². The summed E-state index contributed by atoms with van der Waals surface area (Å²) in [5, 5.41) is 8.84. The molecule has 90 valence electrons. The van der Waals surface area contributed by atoms with Gasteiger partial charge in [-0.3, -0.25) is 0 Å². The van der Waals surface area contributed by atoms with Crippen molar-refractivity contribution in [1.29, 1.82) is 0 Å². The van der Waals surface area contributed by atoms with E-state index in [1.54, 1.807) is 0 Å². The Balaban J connectivity index is 2.30. The zero-order valence-corrected chi connectivity index (χ0v) is 10.4. The maximum atomic E-state index is 8.84. The summed E-state index contributed by atoms with van der Waals surface area (Å²) >= 11 is 0. The minimum atomic E-state index is 0.330. The molecule has 15 heavy (non-hydrogen) atoms. The van der Waals surface area contributed by atoms with Gasteiger partial charge in [0, 0.05) is 19.2 Å². The standard InChI is InChI=1S/C13H27NO/c1-3-4-7-12-8-5-9-13(12)14(2)10-6-11-15/h12-13,15H,3-11H2,1-2H3. The molecule has 0 aromatic carbocycles. The molecule has 2 nitrogen and oxygen atoms in total. The van der Waals surface area contributed by atoms with E-state index in [2.05, 4.69) is 18.9 Å².